The molecule has 134 valence electrons. The average Bonchev–Trinajstić information content (AvgIpc) is 2.99. The Morgan fingerprint density at radius 3 is 2.30 bits per heavy atom. The van der Waals surface area contributed by atoms with E-state index >= 15 is 0 Å². The number of hydrogen-bond acceptors (Lipinski definition) is 4. The minimum atomic E-state index is -0.344. The third-order valence-electron chi connectivity index (χ3n) is 4.09. The molecular weight excluding hydrogens is 411 g/mol. The molecule has 1 amide bonds. The number of methoxy groups -OCH3 is 1. The van der Waals surface area contributed by atoms with Gasteiger partial charge in [-0.3, -0.25) is 14.6 Å². The number of carbonyl (C=O) groups is 2. The fraction of sp³-hybridized carbons (Fsp3) is 0.800. The molecule has 1 rings (SSSR count). The first-order valence-electron chi connectivity index (χ1n) is 7.68. The molecule has 0 atom stereocenters. The smallest absolute Gasteiger partial charge is 0.307 e. The van der Waals surface area contributed by atoms with Crippen LogP contribution in [0.4, 0.5) is 0 Å². The molecule has 0 radical (unpaired) electrons. The zero-order valence-corrected chi connectivity index (χ0v) is 16.8. The Hall–Kier alpha value is -1.06. The van der Waals surface area contributed by atoms with Gasteiger partial charge in [0, 0.05) is 34.2 Å². The van der Waals surface area contributed by atoms with Crippen molar-refractivity contribution in [2.24, 2.45) is 10.4 Å². The molecule has 1 aliphatic carbocycles. The summed E-state index contributed by atoms with van der Waals surface area (Å²) >= 11 is 0. The molecule has 0 spiro atoms. The summed E-state index contributed by atoms with van der Waals surface area (Å²) in [4.78, 5) is 29.4. The summed E-state index contributed by atoms with van der Waals surface area (Å²) in [5.41, 5.74) is -0.344. The van der Waals surface area contributed by atoms with Gasteiger partial charge in [-0.05, 0) is 12.8 Å². The lowest BCUT2D eigenvalue weighted by atomic mass is 9.84. The summed E-state index contributed by atoms with van der Waals surface area (Å²) in [6, 6.07) is 0. The van der Waals surface area contributed by atoms with Crippen molar-refractivity contribution in [1.82, 2.24) is 15.5 Å². The van der Waals surface area contributed by atoms with Gasteiger partial charge < -0.3 is 20.3 Å². The predicted octanol–water partition coefficient (Wildman–Crippen LogP) is 0.981. The molecule has 1 aliphatic rings. The molecule has 1 fully saturated rings. The van der Waals surface area contributed by atoms with Crippen molar-refractivity contribution < 1.29 is 14.3 Å². The van der Waals surface area contributed by atoms with E-state index in [9.17, 15) is 9.59 Å². The number of halogens is 1. The quantitative estimate of drug-likeness (QED) is 0.279. The molecule has 8 heteroatoms. The minimum absolute atomic E-state index is 0. The Balaban J connectivity index is 0.00000484. The Bertz CT molecular complexity index is 421. The topological polar surface area (TPSA) is 83.0 Å². The molecule has 7 nitrogen and oxygen atoms in total. The number of carbonyl (C=O) groups excluding carboxylic acids is 2. The van der Waals surface area contributed by atoms with Crippen LogP contribution in [0.15, 0.2) is 4.99 Å². The molecule has 0 aromatic rings. The maximum atomic E-state index is 12.5. The third kappa shape index (κ3) is 6.52. The summed E-state index contributed by atoms with van der Waals surface area (Å²) in [6.45, 7) is 1.00. The van der Waals surface area contributed by atoms with Crippen LogP contribution in [-0.4, -0.2) is 64.1 Å². The molecule has 0 bridgehead atoms. The van der Waals surface area contributed by atoms with Gasteiger partial charge in [0.25, 0.3) is 0 Å². The Morgan fingerprint density at radius 1 is 1.22 bits per heavy atom. The fourth-order valence-corrected chi connectivity index (χ4v) is 2.85. The highest BCUT2D eigenvalue weighted by atomic mass is 127. The molecule has 0 unspecified atom stereocenters. The van der Waals surface area contributed by atoms with E-state index in [4.69, 9.17) is 0 Å². The van der Waals surface area contributed by atoms with E-state index in [2.05, 4.69) is 20.4 Å². The van der Waals surface area contributed by atoms with E-state index in [1.165, 1.54) is 7.11 Å². The number of esters is 1. The van der Waals surface area contributed by atoms with E-state index < -0.39 is 0 Å². The van der Waals surface area contributed by atoms with Crippen molar-refractivity contribution in [2.45, 2.75) is 32.1 Å². The number of guanidine groups is 1. The van der Waals surface area contributed by atoms with Gasteiger partial charge in [-0.2, -0.15) is 0 Å². The van der Waals surface area contributed by atoms with E-state index in [1.807, 2.05) is 0 Å². The first-order chi connectivity index (χ1) is 10.4. The molecule has 0 aromatic heterocycles. The maximum absolute atomic E-state index is 12.5. The third-order valence-corrected chi connectivity index (χ3v) is 4.09. The number of aliphatic imine (C=N–C) groups is 1. The van der Waals surface area contributed by atoms with Crippen LogP contribution < -0.4 is 10.6 Å². The van der Waals surface area contributed by atoms with Gasteiger partial charge in [-0.15, -0.1) is 24.0 Å². The van der Waals surface area contributed by atoms with Crippen molar-refractivity contribution in [3.05, 3.63) is 0 Å². The molecule has 0 saturated heterocycles. The van der Waals surface area contributed by atoms with Gasteiger partial charge >= 0.3 is 5.97 Å². The number of ether oxygens (including phenoxy) is 1. The van der Waals surface area contributed by atoms with Crippen molar-refractivity contribution in [3.8, 4) is 0 Å². The standard InChI is InChI=1S/C15H28N4O3.HI/c1-16-14(17-10-7-12(20)22-4)18-11-15(8-5-6-9-15)13(21)19(2)3;/h5-11H2,1-4H3,(H2,16,17,18);1H. The SMILES string of the molecule is CN=C(NCCC(=O)OC)NCC1(C(=O)N(C)C)CCCC1.I. The van der Waals surface area contributed by atoms with Crippen molar-refractivity contribution in [1.29, 1.82) is 0 Å². The van der Waals surface area contributed by atoms with Crippen LogP contribution in [0.5, 0.6) is 0 Å². The lowest BCUT2D eigenvalue weighted by Gasteiger charge is -2.31. The summed E-state index contributed by atoms with van der Waals surface area (Å²) in [7, 11) is 6.63. The van der Waals surface area contributed by atoms with Crippen LogP contribution >= 0.6 is 24.0 Å². The highest BCUT2D eigenvalue weighted by molar-refractivity contribution is 14.0. The van der Waals surface area contributed by atoms with Crippen LogP contribution in [0.3, 0.4) is 0 Å². The number of nitrogens with one attached hydrogen (secondary N) is 2. The van der Waals surface area contributed by atoms with E-state index in [0.29, 0.717) is 19.0 Å². The van der Waals surface area contributed by atoms with Gasteiger partial charge in [0.2, 0.25) is 5.91 Å². The summed E-state index contributed by atoms with van der Waals surface area (Å²) in [5.74, 6) is 0.502. The Labute approximate surface area is 155 Å². The number of hydrogen-bond donors (Lipinski definition) is 2. The normalized spacial score (nSPS) is 16.3. The zero-order chi connectivity index (χ0) is 16.6. The van der Waals surface area contributed by atoms with Gasteiger partial charge in [0.15, 0.2) is 5.96 Å². The second-order valence-corrected chi connectivity index (χ2v) is 5.87. The molecule has 0 aromatic carbocycles. The first kappa shape index (κ1) is 21.9. The maximum Gasteiger partial charge on any atom is 0.307 e. The summed E-state index contributed by atoms with van der Waals surface area (Å²) in [5, 5.41) is 6.28. The fourth-order valence-electron chi connectivity index (χ4n) is 2.85. The molecule has 1 saturated carbocycles. The highest BCUT2D eigenvalue weighted by Crippen LogP contribution is 2.38. The molecule has 23 heavy (non-hydrogen) atoms. The van der Waals surface area contributed by atoms with Crippen molar-refractivity contribution in [3.63, 3.8) is 0 Å². The lowest BCUT2D eigenvalue weighted by molar-refractivity contribution is -0.140. The van der Waals surface area contributed by atoms with Gasteiger partial charge in [-0.25, -0.2) is 0 Å². The minimum Gasteiger partial charge on any atom is -0.469 e. The van der Waals surface area contributed by atoms with E-state index in [1.54, 1.807) is 26.0 Å². The van der Waals surface area contributed by atoms with Gasteiger partial charge in [0.1, 0.15) is 0 Å². The lowest BCUT2D eigenvalue weighted by Crippen LogP contribution is -2.49. The van der Waals surface area contributed by atoms with E-state index in [0.717, 1.165) is 25.7 Å². The van der Waals surface area contributed by atoms with Crippen LogP contribution in [0.2, 0.25) is 0 Å². The van der Waals surface area contributed by atoms with Crippen LogP contribution in [-0.2, 0) is 14.3 Å². The molecular formula is C15H29IN4O3. The van der Waals surface area contributed by atoms with Crippen LogP contribution in [0.25, 0.3) is 0 Å². The largest absolute Gasteiger partial charge is 0.469 e. The van der Waals surface area contributed by atoms with Crippen LogP contribution in [0, 0.1) is 5.41 Å². The monoisotopic (exact) mass is 440 g/mol. The van der Waals surface area contributed by atoms with E-state index in [-0.39, 0.29) is 47.7 Å². The number of rotatable bonds is 6. The first-order valence-corrected chi connectivity index (χ1v) is 7.68. The Morgan fingerprint density at radius 2 is 1.83 bits per heavy atom. The predicted molar refractivity (Wildman–Crippen MR) is 101 cm³/mol. The summed E-state index contributed by atoms with van der Waals surface area (Å²) in [6.07, 6.45) is 4.23. The van der Waals surface area contributed by atoms with Crippen LogP contribution in [0.1, 0.15) is 32.1 Å². The second kappa shape index (κ2) is 10.7. The van der Waals surface area contributed by atoms with Crippen molar-refractivity contribution in [2.75, 3.05) is 41.3 Å². The second-order valence-electron chi connectivity index (χ2n) is 5.87. The summed E-state index contributed by atoms with van der Waals surface area (Å²) < 4.78 is 4.59. The van der Waals surface area contributed by atoms with Gasteiger partial charge in [0.05, 0.1) is 18.9 Å². The number of nitrogens with zero attached hydrogens (tertiary/aromatic N) is 2. The molecule has 0 aliphatic heterocycles. The highest BCUT2D eigenvalue weighted by Gasteiger charge is 2.42. The van der Waals surface area contributed by atoms with Gasteiger partial charge in [-0.1, -0.05) is 12.8 Å². The number of amides is 1. The zero-order valence-electron chi connectivity index (χ0n) is 14.5. The molecule has 2 N–H and O–H groups in total. The molecule has 0 heterocycles. The average molecular weight is 440 g/mol. The van der Waals surface area contributed by atoms with Crippen molar-refractivity contribution >= 4 is 41.8 Å². The Kier molecular flexibility index (Phi) is 10.2.